The van der Waals surface area contributed by atoms with Crippen LogP contribution in [-0.4, -0.2) is 29.3 Å². The van der Waals surface area contributed by atoms with Crippen LogP contribution in [0.15, 0.2) is 84.9 Å². The minimum atomic E-state index is -0.949. The van der Waals surface area contributed by atoms with Gasteiger partial charge < -0.3 is 15.5 Å². The van der Waals surface area contributed by atoms with Gasteiger partial charge >= 0.3 is 0 Å². The number of para-hydroxylation sites is 2. The predicted molar refractivity (Wildman–Crippen MR) is 146 cm³/mol. The standard InChI is InChI=1S/C28H24N4O4.ClH/c1-18-10-11-19-6-2-3-7-22(19)23(18)16-30-25-8-4-5-9-26(25)31(17-24(29)28(30)34)27(33)20-12-14-21(15-13-20)32(35)36;/h2-15,24H,16-17,29H2,1H3;1H. The molecule has 4 aromatic carbocycles. The lowest BCUT2D eigenvalue weighted by Gasteiger charge is -2.26. The maximum atomic E-state index is 13.6. The van der Waals surface area contributed by atoms with E-state index in [2.05, 4.69) is 6.07 Å². The SMILES string of the molecule is Cc1ccc2ccccc2c1CN1C(=O)C(N)CN(C(=O)c2ccc([N+](=O)[O-])cc2)c2ccccc21.Cl. The number of benzene rings is 4. The number of nitro benzene ring substituents is 1. The van der Waals surface area contributed by atoms with Gasteiger partial charge in [-0.05, 0) is 53.1 Å². The van der Waals surface area contributed by atoms with Crippen LogP contribution in [0, 0.1) is 17.0 Å². The molecule has 0 saturated heterocycles. The summed E-state index contributed by atoms with van der Waals surface area (Å²) in [6.45, 7) is 2.30. The zero-order chi connectivity index (χ0) is 25.4. The Morgan fingerprint density at radius 2 is 1.62 bits per heavy atom. The first kappa shape index (κ1) is 25.8. The minimum absolute atomic E-state index is 0. The Balaban J connectivity index is 0.00000320. The van der Waals surface area contributed by atoms with E-state index in [9.17, 15) is 19.7 Å². The number of nitro groups is 1. The lowest BCUT2D eigenvalue weighted by Crippen LogP contribution is -2.48. The first-order valence-electron chi connectivity index (χ1n) is 11.5. The van der Waals surface area contributed by atoms with Crippen LogP contribution in [0.1, 0.15) is 21.5 Å². The van der Waals surface area contributed by atoms with Gasteiger partial charge in [0, 0.05) is 17.7 Å². The molecule has 1 heterocycles. The van der Waals surface area contributed by atoms with E-state index in [-0.39, 0.29) is 42.0 Å². The fourth-order valence-corrected chi connectivity index (χ4v) is 4.66. The van der Waals surface area contributed by atoms with E-state index in [1.54, 1.807) is 17.0 Å². The highest BCUT2D eigenvalue weighted by molar-refractivity contribution is 6.12. The molecule has 4 aromatic rings. The molecule has 0 radical (unpaired) electrons. The smallest absolute Gasteiger partial charge is 0.269 e. The summed E-state index contributed by atoms with van der Waals surface area (Å²) in [6, 6.07) is 23.8. The molecule has 1 aliphatic rings. The Hall–Kier alpha value is -4.27. The summed E-state index contributed by atoms with van der Waals surface area (Å²) < 4.78 is 0. The highest BCUT2D eigenvalue weighted by Crippen LogP contribution is 2.36. The minimum Gasteiger partial charge on any atom is -0.318 e. The number of amides is 2. The number of hydrogen-bond donors (Lipinski definition) is 1. The van der Waals surface area contributed by atoms with Crippen LogP contribution >= 0.6 is 12.4 Å². The van der Waals surface area contributed by atoms with Crippen LogP contribution in [0.4, 0.5) is 17.1 Å². The third-order valence-corrected chi connectivity index (χ3v) is 6.59. The number of anilines is 2. The number of aryl methyl sites for hydroxylation is 1. The summed E-state index contributed by atoms with van der Waals surface area (Å²) >= 11 is 0. The monoisotopic (exact) mass is 516 g/mol. The van der Waals surface area contributed by atoms with Crippen LogP contribution < -0.4 is 15.5 Å². The van der Waals surface area contributed by atoms with Gasteiger partial charge in [-0.1, -0.05) is 48.5 Å². The zero-order valence-electron chi connectivity index (χ0n) is 20.0. The maximum Gasteiger partial charge on any atom is 0.269 e. The second-order valence-electron chi connectivity index (χ2n) is 8.82. The number of hydrogen-bond acceptors (Lipinski definition) is 5. The van der Waals surface area contributed by atoms with E-state index in [1.165, 1.54) is 29.2 Å². The molecule has 1 unspecified atom stereocenters. The topological polar surface area (TPSA) is 110 Å². The first-order chi connectivity index (χ1) is 17.3. The van der Waals surface area contributed by atoms with Gasteiger partial charge in [-0.15, -0.1) is 12.4 Å². The Bertz CT molecular complexity index is 1510. The van der Waals surface area contributed by atoms with Crippen LogP contribution in [0.5, 0.6) is 0 Å². The molecule has 5 rings (SSSR count). The van der Waals surface area contributed by atoms with Gasteiger partial charge in [-0.3, -0.25) is 19.7 Å². The summed E-state index contributed by atoms with van der Waals surface area (Å²) in [4.78, 5) is 40.7. The van der Waals surface area contributed by atoms with Crippen LogP contribution in [-0.2, 0) is 11.3 Å². The molecule has 0 fully saturated rings. The van der Waals surface area contributed by atoms with Gasteiger partial charge in [0.1, 0.15) is 6.04 Å². The van der Waals surface area contributed by atoms with E-state index < -0.39 is 11.0 Å². The van der Waals surface area contributed by atoms with Crippen molar-refractivity contribution < 1.29 is 14.5 Å². The fraction of sp³-hybridized carbons (Fsp3) is 0.143. The Morgan fingerprint density at radius 1 is 0.973 bits per heavy atom. The average molecular weight is 517 g/mol. The average Bonchev–Trinajstić information content (AvgIpc) is 3.00. The van der Waals surface area contributed by atoms with E-state index in [1.807, 2.05) is 49.4 Å². The molecule has 2 amide bonds. The Labute approximate surface area is 219 Å². The quantitative estimate of drug-likeness (QED) is 0.303. The van der Waals surface area contributed by atoms with Crippen LogP contribution in [0.3, 0.4) is 0 Å². The van der Waals surface area contributed by atoms with E-state index >= 15 is 0 Å². The van der Waals surface area contributed by atoms with Crippen molar-refractivity contribution in [2.45, 2.75) is 19.5 Å². The summed E-state index contributed by atoms with van der Waals surface area (Å²) in [5.41, 5.74) is 9.72. The van der Waals surface area contributed by atoms with Gasteiger partial charge in [-0.25, -0.2) is 0 Å². The Morgan fingerprint density at radius 3 is 2.32 bits per heavy atom. The molecule has 9 heteroatoms. The third-order valence-electron chi connectivity index (χ3n) is 6.59. The zero-order valence-corrected chi connectivity index (χ0v) is 20.9. The number of non-ortho nitro benzene ring substituents is 1. The largest absolute Gasteiger partial charge is 0.318 e. The molecule has 0 aliphatic carbocycles. The van der Waals surface area contributed by atoms with Crippen molar-refractivity contribution in [3.8, 4) is 0 Å². The number of carbonyl (C=O) groups is 2. The Kier molecular flexibility index (Phi) is 7.24. The molecule has 0 saturated carbocycles. The van der Waals surface area contributed by atoms with Crippen molar-refractivity contribution >= 4 is 52.1 Å². The molecule has 1 aliphatic heterocycles. The summed E-state index contributed by atoms with van der Waals surface area (Å²) in [5, 5.41) is 13.1. The van der Waals surface area contributed by atoms with Crippen LogP contribution in [0.25, 0.3) is 10.8 Å². The number of carbonyl (C=O) groups excluding carboxylic acids is 2. The van der Waals surface area contributed by atoms with E-state index in [0.29, 0.717) is 17.9 Å². The summed E-state index contributed by atoms with van der Waals surface area (Å²) in [6.07, 6.45) is 0. The lowest BCUT2D eigenvalue weighted by atomic mass is 9.99. The summed E-state index contributed by atoms with van der Waals surface area (Å²) in [5.74, 6) is -0.669. The van der Waals surface area contributed by atoms with Crippen molar-refractivity contribution in [3.63, 3.8) is 0 Å². The predicted octanol–water partition coefficient (Wildman–Crippen LogP) is 5.00. The highest BCUT2D eigenvalue weighted by Gasteiger charge is 2.35. The second kappa shape index (κ2) is 10.4. The maximum absolute atomic E-state index is 13.6. The normalized spacial score (nSPS) is 15.1. The van der Waals surface area contributed by atoms with Gasteiger partial charge in [-0.2, -0.15) is 0 Å². The number of halogens is 1. The van der Waals surface area contributed by atoms with Crippen molar-refractivity contribution in [3.05, 3.63) is 112 Å². The number of rotatable bonds is 4. The lowest BCUT2D eigenvalue weighted by molar-refractivity contribution is -0.384. The molecular formula is C28H25ClN4O4. The number of fused-ring (bicyclic) bond motifs is 2. The van der Waals surface area contributed by atoms with E-state index in [0.717, 1.165) is 21.9 Å². The highest BCUT2D eigenvalue weighted by atomic mass is 35.5. The number of nitrogens with two attached hydrogens (primary N) is 1. The van der Waals surface area contributed by atoms with Gasteiger partial charge in [0.15, 0.2) is 0 Å². The molecule has 1 atom stereocenters. The van der Waals surface area contributed by atoms with Crippen molar-refractivity contribution in [2.24, 2.45) is 5.73 Å². The van der Waals surface area contributed by atoms with Crippen molar-refractivity contribution in [1.29, 1.82) is 0 Å². The first-order valence-corrected chi connectivity index (χ1v) is 11.5. The molecule has 37 heavy (non-hydrogen) atoms. The second-order valence-corrected chi connectivity index (χ2v) is 8.82. The van der Waals surface area contributed by atoms with Gasteiger partial charge in [0.05, 0.1) is 29.4 Å². The van der Waals surface area contributed by atoms with Gasteiger partial charge in [0.2, 0.25) is 5.91 Å². The molecule has 0 spiro atoms. The molecule has 0 aromatic heterocycles. The van der Waals surface area contributed by atoms with Crippen molar-refractivity contribution in [2.75, 3.05) is 16.3 Å². The fourth-order valence-electron chi connectivity index (χ4n) is 4.66. The molecule has 2 N–H and O–H groups in total. The van der Waals surface area contributed by atoms with E-state index in [4.69, 9.17) is 5.73 Å². The van der Waals surface area contributed by atoms with Gasteiger partial charge in [0.25, 0.3) is 11.6 Å². The molecule has 188 valence electrons. The summed E-state index contributed by atoms with van der Waals surface area (Å²) in [7, 11) is 0. The van der Waals surface area contributed by atoms with Crippen molar-refractivity contribution in [1.82, 2.24) is 0 Å². The van der Waals surface area contributed by atoms with Crippen LogP contribution in [0.2, 0.25) is 0 Å². The molecular weight excluding hydrogens is 492 g/mol. The molecule has 8 nitrogen and oxygen atoms in total. The third kappa shape index (κ3) is 4.76. The number of nitrogens with zero attached hydrogens (tertiary/aromatic N) is 3. The molecule has 0 bridgehead atoms.